The number of hydrogen-bond acceptors (Lipinski definition) is 5. The van der Waals surface area contributed by atoms with Gasteiger partial charge in [0.25, 0.3) is 5.91 Å². The van der Waals surface area contributed by atoms with Crippen LogP contribution >= 0.6 is 0 Å². The van der Waals surface area contributed by atoms with Gasteiger partial charge in [0.1, 0.15) is 6.67 Å². The molecule has 1 aromatic carbocycles. The Balaban J connectivity index is 1.57. The largest absolute Gasteiger partial charge is 0.353 e. The minimum Gasteiger partial charge on any atom is -0.353 e. The Kier molecular flexibility index (Phi) is 7.80. The van der Waals surface area contributed by atoms with Crippen LogP contribution in [0.1, 0.15) is 60.1 Å². The predicted molar refractivity (Wildman–Crippen MR) is 134 cm³/mol. The fraction of sp³-hybridized carbons (Fsp3) is 0.600. The van der Waals surface area contributed by atoms with Gasteiger partial charge in [0.2, 0.25) is 15.9 Å². The number of nitrogens with one attached hydrogen (secondary N) is 1. The van der Waals surface area contributed by atoms with Gasteiger partial charge >= 0.3 is 0 Å². The highest BCUT2D eigenvalue weighted by Crippen LogP contribution is 2.35. The molecule has 10 heteroatoms. The van der Waals surface area contributed by atoms with Crippen molar-refractivity contribution in [1.29, 1.82) is 0 Å². The molecule has 1 aliphatic carbocycles. The van der Waals surface area contributed by atoms with Crippen molar-refractivity contribution in [1.82, 2.24) is 19.1 Å². The van der Waals surface area contributed by atoms with Crippen LogP contribution in [0.15, 0.2) is 18.2 Å². The molecule has 0 spiro atoms. The molecule has 35 heavy (non-hydrogen) atoms. The number of fused-ring (bicyclic) bond motifs is 3. The van der Waals surface area contributed by atoms with Crippen LogP contribution in [0.3, 0.4) is 0 Å². The quantitative estimate of drug-likeness (QED) is 0.565. The van der Waals surface area contributed by atoms with Gasteiger partial charge in [0.15, 0.2) is 0 Å². The number of rotatable bonds is 9. The molecule has 0 atom stereocenters. The first-order chi connectivity index (χ1) is 16.7. The third-order valence-electron chi connectivity index (χ3n) is 7.21. The maximum Gasteiger partial charge on any atom is 0.253 e. The number of alkyl halides is 1. The van der Waals surface area contributed by atoms with Crippen LogP contribution in [0, 0.1) is 0 Å². The Morgan fingerprint density at radius 1 is 1.23 bits per heavy atom. The molecular formula is C25H35FN4O4S. The number of carbonyl (C=O) groups is 2. The van der Waals surface area contributed by atoms with E-state index in [1.165, 1.54) is 35.9 Å². The highest BCUT2D eigenvalue weighted by atomic mass is 32.2. The summed E-state index contributed by atoms with van der Waals surface area (Å²) >= 11 is 0. The summed E-state index contributed by atoms with van der Waals surface area (Å²) in [5, 5.41) is 3.30. The summed E-state index contributed by atoms with van der Waals surface area (Å²) in [5.41, 5.74) is 2.95. The lowest BCUT2D eigenvalue weighted by Gasteiger charge is -2.32. The van der Waals surface area contributed by atoms with Crippen molar-refractivity contribution in [2.24, 2.45) is 0 Å². The minimum atomic E-state index is -3.50. The molecule has 4 rings (SSSR count). The van der Waals surface area contributed by atoms with Crippen molar-refractivity contribution in [3.63, 3.8) is 0 Å². The van der Waals surface area contributed by atoms with Crippen molar-refractivity contribution in [2.75, 3.05) is 39.6 Å². The van der Waals surface area contributed by atoms with Gasteiger partial charge < -0.3 is 10.2 Å². The highest BCUT2D eigenvalue weighted by molar-refractivity contribution is 7.89. The Morgan fingerprint density at radius 3 is 2.66 bits per heavy atom. The summed E-state index contributed by atoms with van der Waals surface area (Å²) in [6.07, 6.45) is 7.43. The van der Waals surface area contributed by atoms with Crippen molar-refractivity contribution < 1.29 is 22.4 Å². The Labute approximate surface area is 206 Å². The minimum absolute atomic E-state index is 0.00322. The monoisotopic (exact) mass is 506 g/mol. The Morgan fingerprint density at radius 2 is 1.97 bits per heavy atom. The average molecular weight is 507 g/mol. The molecule has 1 N–H and O–H groups in total. The fourth-order valence-corrected chi connectivity index (χ4v) is 6.62. The second-order valence-corrected chi connectivity index (χ2v) is 11.5. The zero-order chi connectivity index (χ0) is 25.2. The van der Waals surface area contributed by atoms with Crippen LogP contribution in [0.25, 0.3) is 10.9 Å². The molecule has 1 aliphatic heterocycles. The van der Waals surface area contributed by atoms with E-state index in [1.54, 1.807) is 24.1 Å². The number of halogens is 1. The summed E-state index contributed by atoms with van der Waals surface area (Å²) < 4.78 is 39.0. The van der Waals surface area contributed by atoms with Crippen LogP contribution in [0.4, 0.5) is 4.39 Å². The second-order valence-electron chi connectivity index (χ2n) is 9.71. The van der Waals surface area contributed by atoms with Gasteiger partial charge in [-0.25, -0.2) is 16.8 Å². The van der Waals surface area contributed by atoms with Gasteiger partial charge in [-0.2, -0.15) is 0 Å². The van der Waals surface area contributed by atoms with Crippen LogP contribution < -0.4 is 5.32 Å². The van der Waals surface area contributed by atoms with E-state index in [-0.39, 0.29) is 24.8 Å². The first-order valence-electron chi connectivity index (χ1n) is 12.4. The lowest BCUT2D eigenvalue weighted by atomic mass is 10.0. The third-order valence-corrected chi connectivity index (χ3v) is 8.29. The maximum absolute atomic E-state index is 13.1. The van der Waals surface area contributed by atoms with Crippen molar-refractivity contribution in [3.05, 3.63) is 35.0 Å². The van der Waals surface area contributed by atoms with Crippen LogP contribution in [-0.2, 0) is 27.8 Å². The fourth-order valence-electron chi connectivity index (χ4n) is 5.51. The van der Waals surface area contributed by atoms with Gasteiger partial charge in [0.05, 0.1) is 11.8 Å². The van der Waals surface area contributed by atoms with Gasteiger partial charge in [-0.05, 0) is 43.0 Å². The van der Waals surface area contributed by atoms with E-state index < -0.39 is 16.7 Å². The molecule has 1 saturated carbocycles. The van der Waals surface area contributed by atoms with Gasteiger partial charge in [-0.3, -0.25) is 14.5 Å². The smallest absolute Gasteiger partial charge is 0.253 e. The van der Waals surface area contributed by atoms with Crippen LogP contribution in [0.2, 0.25) is 0 Å². The Bertz CT molecular complexity index is 1200. The van der Waals surface area contributed by atoms with Gasteiger partial charge in [-0.15, -0.1) is 0 Å². The number of carbonyl (C=O) groups excluding carboxylic acids is 2. The summed E-state index contributed by atoms with van der Waals surface area (Å²) in [4.78, 5) is 28.8. The third kappa shape index (κ3) is 5.53. The first kappa shape index (κ1) is 25.6. The number of benzene rings is 1. The highest BCUT2D eigenvalue weighted by Gasteiger charge is 2.32. The van der Waals surface area contributed by atoms with E-state index in [2.05, 4.69) is 10.2 Å². The number of nitrogens with zero attached hydrogens (tertiary/aromatic N) is 3. The molecule has 2 heterocycles. The van der Waals surface area contributed by atoms with Gasteiger partial charge in [-0.1, -0.05) is 12.8 Å². The van der Waals surface area contributed by atoms with Crippen molar-refractivity contribution in [3.8, 4) is 0 Å². The molecule has 1 fully saturated rings. The molecule has 0 saturated heterocycles. The standard InChI is InChI=1S/C25H35FN4O4S/c1-28(14-5-8-24(31)27-13-12-26)25(32)18-9-10-22-20(16-18)21-17-29(19-6-3-4-7-19)15-11-23(21)30(22)35(2,33)34/h9-10,16,19H,3-8,11-15,17H2,1-2H3,(H,27,31). The molecular weight excluding hydrogens is 471 g/mol. The molecule has 2 aromatic rings. The maximum atomic E-state index is 13.1. The zero-order valence-electron chi connectivity index (χ0n) is 20.6. The van der Waals surface area contributed by atoms with E-state index in [0.29, 0.717) is 43.1 Å². The lowest BCUT2D eigenvalue weighted by molar-refractivity contribution is -0.121. The number of amides is 2. The Hall–Kier alpha value is -2.46. The van der Waals surface area contributed by atoms with E-state index >= 15 is 0 Å². The summed E-state index contributed by atoms with van der Waals surface area (Å²) in [7, 11) is -1.81. The van der Waals surface area contributed by atoms with E-state index in [4.69, 9.17) is 0 Å². The second kappa shape index (κ2) is 10.7. The SMILES string of the molecule is CN(CCCC(=O)NCCF)C(=O)c1ccc2c(c1)c1c(n2S(C)(=O)=O)CCN(C2CCCC2)C1. The zero-order valence-corrected chi connectivity index (χ0v) is 21.4. The summed E-state index contributed by atoms with van der Waals surface area (Å²) in [6, 6.07) is 5.77. The normalized spacial score (nSPS) is 17.0. The molecule has 0 bridgehead atoms. The summed E-state index contributed by atoms with van der Waals surface area (Å²) in [6.45, 7) is 1.33. The number of aromatic nitrogens is 1. The lowest BCUT2D eigenvalue weighted by Crippen LogP contribution is -2.38. The summed E-state index contributed by atoms with van der Waals surface area (Å²) in [5.74, 6) is -0.411. The average Bonchev–Trinajstić information content (AvgIpc) is 3.47. The van der Waals surface area contributed by atoms with Crippen molar-refractivity contribution >= 4 is 32.7 Å². The molecule has 2 amide bonds. The van der Waals surface area contributed by atoms with Crippen LogP contribution in [-0.4, -0.2) is 79.7 Å². The first-order valence-corrected chi connectivity index (χ1v) is 14.2. The van der Waals surface area contributed by atoms with Gasteiger partial charge in [0, 0.05) is 68.8 Å². The molecule has 2 aliphatic rings. The van der Waals surface area contributed by atoms with E-state index in [1.807, 2.05) is 6.07 Å². The molecule has 8 nitrogen and oxygen atoms in total. The molecule has 0 unspecified atom stereocenters. The number of hydrogen-bond donors (Lipinski definition) is 1. The molecule has 1 aromatic heterocycles. The van der Waals surface area contributed by atoms with E-state index in [9.17, 15) is 22.4 Å². The topological polar surface area (TPSA) is 91.7 Å². The van der Waals surface area contributed by atoms with Crippen molar-refractivity contribution in [2.45, 2.75) is 57.5 Å². The van der Waals surface area contributed by atoms with Crippen LogP contribution in [0.5, 0.6) is 0 Å². The molecule has 192 valence electrons. The molecule has 0 radical (unpaired) electrons. The predicted octanol–water partition coefficient (Wildman–Crippen LogP) is 2.69. The van der Waals surface area contributed by atoms with E-state index in [0.717, 1.165) is 23.2 Å².